The van der Waals surface area contributed by atoms with E-state index in [0.29, 0.717) is 5.76 Å². The van der Waals surface area contributed by atoms with Crippen LogP contribution in [0, 0.1) is 11.3 Å². The van der Waals surface area contributed by atoms with Gasteiger partial charge in [-0.25, -0.2) is 0 Å². The van der Waals surface area contributed by atoms with Crippen molar-refractivity contribution < 1.29 is 19.4 Å². The Morgan fingerprint density at radius 1 is 1.42 bits per heavy atom. The van der Waals surface area contributed by atoms with Crippen LogP contribution in [0.4, 0.5) is 0 Å². The fourth-order valence-corrected chi connectivity index (χ4v) is 1.91. The van der Waals surface area contributed by atoms with E-state index in [1.165, 1.54) is 6.92 Å². The minimum Gasteiger partial charge on any atom is -0.431 e. The van der Waals surface area contributed by atoms with Crippen molar-refractivity contribution in [1.82, 2.24) is 0 Å². The van der Waals surface area contributed by atoms with Crippen molar-refractivity contribution in [1.29, 1.82) is 0 Å². The predicted octanol–water partition coefficient (Wildman–Crippen LogP) is 1.27. The van der Waals surface area contributed by atoms with Gasteiger partial charge >= 0.3 is 5.97 Å². The number of carbonyl (C=O) groups is 2. The summed E-state index contributed by atoms with van der Waals surface area (Å²) in [7, 11) is 0. The molecule has 0 aromatic heterocycles. The highest BCUT2D eigenvalue weighted by atomic mass is 16.5. The molecule has 0 bridgehead atoms. The van der Waals surface area contributed by atoms with Crippen molar-refractivity contribution in [3.63, 3.8) is 0 Å². The van der Waals surface area contributed by atoms with Gasteiger partial charge in [0.05, 0.1) is 12.0 Å². The average Bonchev–Trinajstić information content (AvgIpc) is 2.35. The second-order valence-electron chi connectivity index (χ2n) is 5.78. The van der Waals surface area contributed by atoms with E-state index in [1.54, 1.807) is 12.2 Å². The van der Waals surface area contributed by atoms with E-state index in [9.17, 15) is 14.7 Å². The monoisotopic (exact) mass is 267 g/mol. The molecule has 0 saturated heterocycles. The van der Waals surface area contributed by atoms with Gasteiger partial charge in [0.15, 0.2) is 0 Å². The standard InChI is InChI=1S/C14H21NO4/c1-8(16)19-10-5-9(14(2,3)4)6-11(13(15)18)12(17)7-10/h5-6,11-12,17H,7H2,1-4H3,(H2,15,18)/t11-,12-/m1/s1. The topological polar surface area (TPSA) is 89.6 Å². The predicted molar refractivity (Wildman–Crippen MR) is 70.7 cm³/mol. The van der Waals surface area contributed by atoms with E-state index in [4.69, 9.17) is 10.5 Å². The number of rotatable bonds is 2. The highest BCUT2D eigenvalue weighted by Gasteiger charge is 2.30. The molecule has 0 radical (unpaired) electrons. The summed E-state index contributed by atoms with van der Waals surface area (Å²) in [5.41, 5.74) is 5.87. The van der Waals surface area contributed by atoms with Gasteiger partial charge in [-0.1, -0.05) is 26.8 Å². The van der Waals surface area contributed by atoms with Crippen LogP contribution in [-0.2, 0) is 14.3 Å². The molecular weight excluding hydrogens is 246 g/mol. The maximum absolute atomic E-state index is 11.4. The van der Waals surface area contributed by atoms with Gasteiger partial charge in [-0.3, -0.25) is 9.59 Å². The number of aliphatic hydroxyl groups is 1. The Morgan fingerprint density at radius 3 is 2.42 bits per heavy atom. The fraction of sp³-hybridized carbons (Fsp3) is 0.571. The van der Waals surface area contributed by atoms with Gasteiger partial charge in [-0.05, 0) is 17.1 Å². The largest absolute Gasteiger partial charge is 0.431 e. The minimum absolute atomic E-state index is 0.0866. The molecule has 1 amide bonds. The second kappa shape index (κ2) is 5.57. The Bertz CT molecular complexity index is 443. The zero-order chi connectivity index (χ0) is 14.8. The number of carbonyl (C=O) groups excluding carboxylic acids is 2. The lowest BCUT2D eigenvalue weighted by Gasteiger charge is -2.21. The molecule has 1 rings (SSSR count). The van der Waals surface area contributed by atoms with Crippen molar-refractivity contribution in [3.05, 3.63) is 23.5 Å². The molecule has 5 nitrogen and oxygen atoms in total. The van der Waals surface area contributed by atoms with Crippen molar-refractivity contribution in [2.24, 2.45) is 17.1 Å². The van der Waals surface area contributed by atoms with Crippen LogP contribution in [0.1, 0.15) is 34.1 Å². The first-order valence-electron chi connectivity index (χ1n) is 6.20. The van der Waals surface area contributed by atoms with Crippen molar-refractivity contribution in [2.75, 3.05) is 0 Å². The lowest BCUT2D eigenvalue weighted by atomic mass is 9.84. The molecular formula is C14H21NO4. The number of allylic oxidation sites excluding steroid dienone is 2. The number of aliphatic hydroxyl groups excluding tert-OH is 1. The average molecular weight is 267 g/mol. The van der Waals surface area contributed by atoms with Crippen molar-refractivity contribution >= 4 is 11.9 Å². The Balaban J connectivity index is 3.18. The molecule has 2 atom stereocenters. The van der Waals surface area contributed by atoms with Gasteiger partial charge in [0.1, 0.15) is 5.76 Å². The van der Waals surface area contributed by atoms with E-state index in [0.717, 1.165) is 5.57 Å². The molecule has 19 heavy (non-hydrogen) atoms. The van der Waals surface area contributed by atoms with Crippen LogP contribution >= 0.6 is 0 Å². The van der Waals surface area contributed by atoms with E-state index >= 15 is 0 Å². The number of hydrogen-bond acceptors (Lipinski definition) is 4. The highest BCUT2D eigenvalue weighted by molar-refractivity contribution is 5.79. The lowest BCUT2D eigenvalue weighted by molar-refractivity contribution is -0.137. The number of primary amides is 1. The smallest absolute Gasteiger partial charge is 0.307 e. The SMILES string of the molecule is CC(=O)OC1=CC(C(C)(C)C)=C[C@@H](C(N)=O)[C@H](O)C1. The van der Waals surface area contributed by atoms with E-state index in [-0.39, 0.29) is 11.8 Å². The van der Waals surface area contributed by atoms with Gasteiger partial charge in [0.2, 0.25) is 5.91 Å². The van der Waals surface area contributed by atoms with Crippen LogP contribution in [0.25, 0.3) is 0 Å². The summed E-state index contributed by atoms with van der Waals surface area (Å²) in [6, 6.07) is 0. The van der Waals surface area contributed by atoms with E-state index in [1.807, 2.05) is 20.8 Å². The summed E-state index contributed by atoms with van der Waals surface area (Å²) in [6.07, 6.45) is 2.46. The van der Waals surface area contributed by atoms with Crippen LogP contribution < -0.4 is 5.73 Å². The number of nitrogens with two attached hydrogens (primary N) is 1. The Hall–Kier alpha value is -1.62. The van der Waals surface area contributed by atoms with Gasteiger partial charge in [0.25, 0.3) is 0 Å². The molecule has 3 N–H and O–H groups in total. The summed E-state index contributed by atoms with van der Waals surface area (Å²) in [5.74, 6) is -1.47. The van der Waals surface area contributed by atoms with Crippen LogP contribution in [-0.4, -0.2) is 23.1 Å². The number of ether oxygens (including phenoxy) is 1. The third kappa shape index (κ3) is 4.21. The highest BCUT2D eigenvalue weighted by Crippen LogP contribution is 2.33. The molecule has 1 aliphatic carbocycles. The summed E-state index contributed by atoms with van der Waals surface area (Å²) in [5, 5.41) is 10.0. The molecule has 1 aliphatic rings. The molecule has 0 fully saturated rings. The summed E-state index contributed by atoms with van der Waals surface area (Å²) in [4.78, 5) is 22.5. The molecule has 106 valence electrons. The molecule has 5 heteroatoms. The van der Waals surface area contributed by atoms with Crippen LogP contribution in [0.3, 0.4) is 0 Å². The van der Waals surface area contributed by atoms with Gasteiger partial charge in [-0.2, -0.15) is 0 Å². The third-order valence-electron chi connectivity index (χ3n) is 2.97. The van der Waals surface area contributed by atoms with Crippen LogP contribution in [0.2, 0.25) is 0 Å². The third-order valence-corrected chi connectivity index (χ3v) is 2.97. The number of esters is 1. The maximum atomic E-state index is 11.4. The molecule has 0 heterocycles. The second-order valence-corrected chi connectivity index (χ2v) is 5.78. The molecule has 0 aliphatic heterocycles. The molecule has 0 aromatic rings. The van der Waals surface area contributed by atoms with Gasteiger partial charge in [-0.15, -0.1) is 0 Å². The van der Waals surface area contributed by atoms with E-state index < -0.39 is 23.9 Å². The molecule has 0 aromatic carbocycles. The van der Waals surface area contributed by atoms with Crippen molar-refractivity contribution in [3.8, 4) is 0 Å². The maximum Gasteiger partial charge on any atom is 0.307 e. The lowest BCUT2D eigenvalue weighted by Crippen LogP contribution is -2.32. The summed E-state index contributed by atoms with van der Waals surface area (Å²) < 4.78 is 5.06. The minimum atomic E-state index is -0.983. The fourth-order valence-electron chi connectivity index (χ4n) is 1.91. The zero-order valence-electron chi connectivity index (χ0n) is 11.8. The normalized spacial score (nSPS) is 24.1. The summed E-state index contributed by atoms with van der Waals surface area (Å²) in [6.45, 7) is 7.20. The first-order valence-corrected chi connectivity index (χ1v) is 6.20. The van der Waals surface area contributed by atoms with Gasteiger partial charge in [0, 0.05) is 13.3 Å². The number of amides is 1. The zero-order valence-corrected chi connectivity index (χ0v) is 11.8. The Morgan fingerprint density at radius 2 is 2.00 bits per heavy atom. The van der Waals surface area contributed by atoms with Crippen LogP contribution in [0.5, 0.6) is 0 Å². The quantitative estimate of drug-likeness (QED) is 0.737. The Kier molecular flexibility index (Phi) is 4.52. The Labute approximate surface area is 113 Å². The molecule has 0 saturated carbocycles. The summed E-state index contributed by atoms with van der Waals surface area (Å²) >= 11 is 0. The van der Waals surface area contributed by atoms with Gasteiger partial charge < -0.3 is 15.6 Å². The van der Waals surface area contributed by atoms with E-state index in [2.05, 4.69) is 0 Å². The van der Waals surface area contributed by atoms with Crippen molar-refractivity contribution in [2.45, 2.75) is 40.2 Å². The number of hydrogen-bond donors (Lipinski definition) is 2. The molecule has 0 unspecified atom stereocenters. The van der Waals surface area contributed by atoms with Crippen LogP contribution in [0.15, 0.2) is 23.5 Å². The first-order chi connectivity index (χ1) is 8.61. The molecule has 0 spiro atoms. The first kappa shape index (κ1) is 15.4.